The Bertz CT molecular complexity index is 1670. The summed E-state index contributed by atoms with van der Waals surface area (Å²) in [5, 5.41) is 16.3. The van der Waals surface area contributed by atoms with Crippen molar-refractivity contribution in [2.24, 2.45) is 4.99 Å². The number of halogens is 4. The first-order chi connectivity index (χ1) is 20.2. The summed E-state index contributed by atoms with van der Waals surface area (Å²) in [7, 11) is 1.28. The molecular formula is C32H25ClF3N3O3. The number of pyridine rings is 1. The van der Waals surface area contributed by atoms with Gasteiger partial charge in [0.15, 0.2) is 6.20 Å². The highest BCUT2D eigenvalue weighted by atomic mass is 35.5. The first kappa shape index (κ1) is 28.9. The normalized spacial score (nSPS) is 13.5. The summed E-state index contributed by atoms with van der Waals surface area (Å²) in [5.41, 5.74) is 4.22. The molecule has 0 radical (unpaired) electrons. The molecule has 1 aromatic heterocycles. The SMILES string of the molecule is COC(=O)Nc1ccc(C2=CCC(C(Cc3ccc(F)cc3)c3ccc(-c4cc(Cl)ccc4C(F)F)c[n+]3[O-])=N2)cc1. The minimum absolute atomic E-state index is 0.177. The van der Waals surface area contributed by atoms with Crippen LogP contribution in [0.2, 0.25) is 5.02 Å². The van der Waals surface area contributed by atoms with Crippen molar-refractivity contribution in [2.75, 3.05) is 12.4 Å². The standard InChI is InChI=1S/C32H25ClF3N3O3/c1-42-32(40)37-24-10-4-20(5-11-24)28-13-14-29(38-28)27(16-19-2-8-23(34)9-3-19)30-15-6-21(18-39(30)41)26-17-22(33)7-12-25(26)31(35)36/h2-13,15,17-18,27,31H,14,16H2,1H3,(H,37,40). The van der Waals surface area contributed by atoms with Crippen LogP contribution in [0.4, 0.5) is 23.7 Å². The van der Waals surface area contributed by atoms with Gasteiger partial charge in [-0.15, -0.1) is 0 Å². The van der Waals surface area contributed by atoms with Crippen LogP contribution in [0.15, 0.2) is 96.1 Å². The number of hydrogen-bond acceptors (Lipinski definition) is 4. The van der Waals surface area contributed by atoms with E-state index < -0.39 is 18.4 Å². The van der Waals surface area contributed by atoms with Crippen molar-refractivity contribution >= 4 is 34.8 Å². The second-order valence-electron chi connectivity index (χ2n) is 9.67. The molecule has 1 atom stereocenters. The van der Waals surface area contributed by atoms with Gasteiger partial charge >= 0.3 is 6.09 Å². The molecule has 6 nitrogen and oxygen atoms in total. The van der Waals surface area contributed by atoms with E-state index in [1.54, 1.807) is 36.4 Å². The molecule has 0 saturated heterocycles. The maximum absolute atomic E-state index is 13.7. The number of anilines is 1. The van der Waals surface area contributed by atoms with Crippen molar-refractivity contribution in [3.8, 4) is 11.1 Å². The maximum atomic E-state index is 13.7. The van der Waals surface area contributed by atoms with Gasteiger partial charge in [-0.25, -0.2) is 18.0 Å². The lowest BCUT2D eigenvalue weighted by Gasteiger charge is -2.18. The van der Waals surface area contributed by atoms with Gasteiger partial charge in [-0.3, -0.25) is 10.3 Å². The van der Waals surface area contributed by atoms with E-state index in [2.05, 4.69) is 10.1 Å². The molecule has 10 heteroatoms. The van der Waals surface area contributed by atoms with Crippen molar-refractivity contribution in [3.05, 3.63) is 130 Å². The highest BCUT2D eigenvalue weighted by Gasteiger charge is 2.29. The molecule has 0 fully saturated rings. The van der Waals surface area contributed by atoms with Crippen molar-refractivity contribution in [2.45, 2.75) is 25.2 Å². The van der Waals surface area contributed by atoms with E-state index in [0.717, 1.165) is 16.8 Å². The van der Waals surface area contributed by atoms with Crippen LogP contribution < -0.4 is 10.0 Å². The first-order valence-electron chi connectivity index (χ1n) is 13.0. The molecule has 5 rings (SSSR count). The van der Waals surface area contributed by atoms with E-state index in [1.807, 2.05) is 18.2 Å². The fourth-order valence-electron chi connectivity index (χ4n) is 4.88. The van der Waals surface area contributed by atoms with Gasteiger partial charge in [-0.2, -0.15) is 4.73 Å². The molecule has 1 N–H and O–H groups in total. The number of ether oxygens (including phenoxy) is 1. The number of carbonyl (C=O) groups is 1. The Hall–Kier alpha value is -4.63. The minimum Gasteiger partial charge on any atom is -0.618 e. The van der Waals surface area contributed by atoms with Gasteiger partial charge in [0.05, 0.1) is 18.7 Å². The van der Waals surface area contributed by atoms with Crippen LogP contribution in [-0.2, 0) is 11.2 Å². The number of aromatic nitrogens is 1. The number of amides is 1. The van der Waals surface area contributed by atoms with Gasteiger partial charge in [0.2, 0.25) is 5.69 Å². The lowest BCUT2D eigenvalue weighted by Crippen LogP contribution is -2.36. The van der Waals surface area contributed by atoms with Crippen LogP contribution >= 0.6 is 11.6 Å². The average molecular weight is 592 g/mol. The van der Waals surface area contributed by atoms with Crippen LogP contribution in [0.5, 0.6) is 0 Å². The summed E-state index contributed by atoms with van der Waals surface area (Å²) < 4.78 is 46.3. The number of carbonyl (C=O) groups excluding carboxylic acids is 1. The average Bonchev–Trinajstić information content (AvgIpc) is 3.47. The molecule has 1 amide bonds. The molecule has 1 aliphatic rings. The number of allylic oxidation sites excluding steroid dienone is 1. The summed E-state index contributed by atoms with van der Waals surface area (Å²) >= 11 is 6.08. The molecule has 0 aliphatic carbocycles. The Balaban J connectivity index is 1.48. The summed E-state index contributed by atoms with van der Waals surface area (Å²) in [6.07, 6.45) is 0.718. The van der Waals surface area contributed by atoms with Gasteiger partial charge in [0, 0.05) is 40.0 Å². The van der Waals surface area contributed by atoms with Crippen LogP contribution in [-0.4, -0.2) is 18.9 Å². The molecule has 2 heterocycles. The Morgan fingerprint density at radius 3 is 2.43 bits per heavy atom. The summed E-state index contributed by atoms with van der Waals surface area (Å²) in [6, 6.07) is 20.4. The van der Waals surface area contributed by atoms with Crippen molar-refractivity contribution in [1.29, 1.82) is 0 Å². The summed E-state index contributed by atoms with van der Waals surface area (Å²) in [4.78, 5) is 16.3. The van der Waals surface area contributed by atoms with E-state index in [4.69, 9.17) is 16.6 Å². The molecule has 0 saturated carbocycles. The molecule has 214 valence electrons. The van der Waals surface area contributed by atoms with E-state index in [-0.39, 0.29) is 22.0 Å². The number of nitrogens with zero attached hydrogens (tertiary/aromatic N) is 2. The first-order valence-corrected chi connectivity index (χ1v) is 13.4. The number of benzene rings is 3. The number of hydrogen-bond donors (Lipinski definition) is 1. The molecule has 4 aromatic rings. The second kappa shape index (κ2) is 12.5. The fraction of sp³-hybridized carbons (Fsp3) is 0.156. The Morgan fingerprint density at radius 2 is 1.76 bits per heavy atom. The largest absolute Gasteiger partial charge is 0.618 e. The van der Waals surface area contributed by atoms with E-state index in [9.17, 15) is 23.2 Å². The Labute approximate surface area is 245 Å². The van der Waals surface area contributed by atoms with Crippen LogP contribution in [0, 0.1) is 11.0 Å². The van der Waals surface area contributed by atoms with Gasteiger partial charge in [0.1, 0.15) is 5.82 Å². The third-order valence-corrected chi connectivity index (χ3v) is 7.23. The molecule has 3 aromatic carbocycles. The van der Waals surface area contributed by atoms with E-state index in [0.29, 0.717) is 40.2 Å². The van der Waals surface area contributed by atoms with E-state index in [1.165, 1.54) is 43.6 Å². The molecule has 42 heavy (non-hydrogen) atoms. The molecule has 0 spiro atoms. The van der Waals surface area contributed by atoms with Gasteiger partial charge in [0.25, 0.3) is 6.43 Å². The monoisotopic (exact) mass is 591 g/mol. The quantitative estimate of drug-likeness (QED) is 0.166. The number of methoxy groups -OCH3 is 1. The third-order valence-electron chi connectivity index (χ3n) is 7.00. The second-order valence-corrected chi connectivity index (χ2v) is 10.1. The van der Waals surface area contributed by atoms with Crippen LogP contribution in [0.3, 0.4) is 0 Å². The van der Waals surface area contributed by atoms with Crippen molar-refractivity contribution in [3.63, 3.8) is 0 Å². The van der Waals surface area contributed by atoms with Gasteiger partial charge in [-0.05, 0) is 65.6 Å². The lowest BCUT2D eigenvalue weighted by molar-refractivity contribution is -0.614. The lowest BCUT2D eigenvalue weighted by atomic mass is 9.89. The summed E-state index contributed by atoms with van der Waals surface area (Å²) in [6.45, 7) is 0. The number of alkyl halides is 2. The smallest absolute Gasteiger partial charge is 0.411 e. The highest BCUT2D eigenvalue weighted by molar-refractivity contribution is 6.30. The number of rotatable bonds is 8. The predicted molar refractivity (Wildman–Crippen MR) is 156 cm³/mol. The molecule has 0 bridgehead atoms. The zero-order chi connectivity index (χ0) is 29.8. The van der Waals surface area contributed by atoms with Crippen LogP contribution in [0.1, 0.15) is 41.1 Å². The molecule has 1 unspecified atom stereocenters. The fourth-order valence-corrected chi connectivity index (χ4v) is 5.05. The predicted octanol–water partition coefficient (Wildman–Crippen LogP) is 8.11. The summed E-state index contributed by atoms with van der Waals surface area (Å²) in [5.74, 6) is -0.854. The topological polar surface area (TPSA) is 77.6 Å². The minimum atomic E-state index is -2.74. The third kappa shape index (κ3) is 6.47. The van der Waals surface area contributed by atoms with Gasteiger partial charge < -0.3 is 9.94 Å². The van der Waals surface area contributed by atoms with E-state index >= 15 is 0 Å². The molecular weight excluding hydrogens is 567 g/mol. The van der Waals surface area contributed by atoms with Gasteiger partial charge in [-0.1, -0.05) is 48.0 Å². The van der Waals surface area contributed by atoms with Crippen molar-refractivity contribution < 1.29 is 27.4 Å². The number of aliphatic imine (C=N–C) groups is 1. The highest BCUT2D eigenvalue weighted by Crippen LogP contribution is 2.35. The number of nitrogens with one attached hydrogen (secondary N) is 1. The van der Waals surface area contributed by atoms with Crippen LogP contribution in [0.25, 0.3) is 16.8 Å². The maximum Gasteiger partial charge on any atom is 0.411 e. The molecule has 1 aliphatic heterocycles. The van der Waals surface area contributed by atoms with Crippen molar-refractivity contribution in [1.82, 2.24) is 0 Å². The zero-order valence-corrected chi connectivity index (χ0v) is 23.1. The Morgan fingerprint density at radius 1 is 1.05 bits per heavy atom. The Kier molecular flexibility index (Phi) is 8.59. The zero-order valence-electron chi connectivity index (χ0n) is 22.4.